The van der Waals surface area contributed by atoms with Crippen molar-refractivity contribution in [3.8, 4) is 0 Å². The third kappa shape index (κ3) is 4.70. The number of allylic oxidation sites excluding steroid dienone is 1. The number of fused-ring (bicyclic) bond motifs is 2. The van der Waals surface area contributed by atoms with Gasteiger partial charge in [0.15, 0.2) is 6.61 Å². The number of rotatable bonds is 6. The number of amides is 3. The molecule has 0 fully saturated rings. The Morgan fingerprint density at radius 3 is 2.78 bits per heavy atom. The van der Waals surface area contributed by atoms with E-state index in [2.05, 4.69) is 16.7 Å². The molecule has 2 aromatic heterocycles. The van der Waals surface area contributed by atoms with Gasteiger partial charge in [-0.15, -0.1) is 11.3 Å². The van der Waals surface area contributed by atoms with Gasteiger partial charge in [0, 0.05) is 16.8 Å². The number of para-hydroxylation sites is 1. The summed E-state index contributed by atoms with van der Waals surface area (Å²) in [5.41, 5.74) is 3.83. The minimum Gasteiger partial charge on any atom is -0.452 e. The van der Waals surface area contributed by atoms with E-state index in [4.69, 9.17) is 9.72 Å². The lowest BCUT2D eigenvalue weighted by Gasteiger charge is -2.12. The molecule has 3 aromatic rings. The van der Waals surface area contributed by atoms with Gasteiger partial charge in [-0.1, -0.05) is 31.2 Å². The average molecular weight is 450 g/mol. The lowest BCUT2D eigenvalue weighted by Crippen LogP contribution is -2.41. The van der Waals surface area contributed by atoms with Crippen LogP contribution in [0.25, 0.3) is 22.6 Å². The number of carbonyl (C=O) groups is 3. The number of nitrogens with one attached hydrogen (secondary N) is 2. The van der Waals surface area contributed by atoms with Crippen molar-refractivity contribution in [2.24, 2.45) is 0 Å². The first kappa shape index (κ1) is 21.7. The zero-order valence-corrected chi connectivity index (χ0v) is 18.5. The van der Waals surface area contributed by atoms with E-state index in [0.29, 0.717) is 29.4 Å². The van der Waals surface area contributed by atoms with Crippen molar-refractivity contribution in [1.29, 1.82) is 0 Å². The second kappa shape index (κ2) is 9.74. The summed E-state index contributed by atoms with van der Waals surface area (Å²) in [6.07, 6.45) is 4.30. The first-order chi connectivity index (χ1) is 15.6. The predicted octanol–water partition coefficient (Wildman–Crippen LogP) is 4.18. The van der Waals surface area contributed by atoms with Gasteiger partial charge in [0.1, 0.15) is 0 Å². The maximum atomic E-state index is 13.1. The third-order valence-corrected chi connectivity index (χ3v) is 5.95. The number of nitrogens with zero attached hydrogens (tertiary/aromatic N) is 1. The highest BCUT2D eigenvalue weighted by Crippen LogP contribution is 2.38. The SMILES string of the molecule is CCCNC(=O)NC(=O)COC(=O)c1c2c(nc3ccccc13)/C(=C\c1cccs1)CC2. The second-order valence-electron chi connectivity index (χ2n) is 7.40. The minimum atomic E-state index is -0.680. The second-order valence-corrected chi connectivity index (χ2v) is 8.38. The molecule has 1 aromatic carbocycles. The minimum absolute atomic E-state index is 0.434. The molecule has 0 saturated carbocycles. The molecule has 164 valence electrons. The first-order valence-electron chi connectivity index (χ1n) is 10.5. The molecule has 7 nitrogen and oxygen atoms in total. The number of thiophene rings is 1. The van der Waals surface area contributed by atoms with Crippen LogP contribution in [-0.2, 0) is 16.0 Å². The van der Waals surface area contributed by atoms with E-state index in [-0.39, 0.29) is 0 Å². The molecular weight excluding hydrogens is 426 g/mol. The molecule has 4 rings (SSSR count). The molecule has 32 heavy (non-hydrogen) atoms. The zero-order chi connectivity index (χ0) is 22.5. The number of urea groups is 1. The van der Waals surface area contributed by atoms with Gasteiger partial charge in [0.2, 0.25) is 0 Å². The van der Waals surface area contributed by atoms with Gasteiger partial charge in [0.25, 0.3) is 5.91 Å². The van der Waals surface area contributed by atoms with Crippen molar-refractivity contribution >= 4 is 51.8 Å². The van der Waals surface area contributed by atoms with Crippen molar-refractivity contribution in [1.82, 2.24) is 15.6 Å². The summed E-state index contributed by atoms with van der Waals surface area (Å²) in [7, 11) is 0. The Morgan fingerprint density at radius 2 is 2.00 bits per heavy atom. The van der Waals surface area contributed by atoms with Crippen LogP contribution in [-0.4, -0.2) is 36.0 Å². The number of aromatic nitrogens is 1. The Labute approximate surface area is 189 Å². The molecular formula is C24H23N3O4S. The number of carbonyl (C=O) groups excluding carboxylic acids is 3. The Hall–Kier alpha value is -3.52. The molecule has 8 heteroatoms. The Balaban J connectivity index is 1.59. The summed E-state index contributed by atoms with van der Waals surface area (Å²) in [6.45, 7) is 1.82. The zero-order valence-electron chi connectivity index (χ0n) is 17.6. The Kier molecular flexibility index (Phi) is 6.61. The van der Waals surface area contributed by atoms with E-state index >= 15 is 0 Å². The van der Waals surface area contributed by atoms with Gasteiger partial charge in [0.05, 0.1) is 16.8 Å². The van der Waals surface area contributed by atoms with Gasteiger partial charge in [-0.05, 0) is 54.0 Å². The number of esters is 1. The molecule has 0 bridgehead atoms. The van der Waals surface area contributed by atoms with Gasteiger partial charge < -0.3 is 10.1 Å². The first-order valence-corrected chi connectivity index (χ1v) is 11.4. The van der Waals surface area contributed by atoms with Crippen LogP contribution in [0.4, 0.5) is 4.79 Å². The smallest absolute Gasteiger partial charge is 0.339 e. The van der Waals surface area contributed by atoms with E-state index < -0.39 is 24.5 Å². The van der Waals surface area contributed by atoms with Gasteiger partial charge in [-0.2, -0.15) is 0 Å². The summed E-state index contributed by atoms with van der Waals surface area (Å²) in [4.78, 5) is 42.6. The molecule has 2 N–H and O–H groups in total. The van der Waals surface area contributed by atoms with Crippen molar-refractivity contribution < 1.29 is 19.1 Å². The molecule has 0 spiro atoms. The molecule has 0 radical (unpaired) electrons. The van der Waals surface area contributed by atoms with E-state index in [1.807, 2.05) is 48.7 Å². The maximum absolute atomic E-state index is 13.1. The molecule has 0 unspecified atom stereocenters. The maximum Gasteiger partial charge on any atom is 0.339 e. The summed E-state index contributed by atoms with van der Waals surface area (Å²) >= 11 is 1.65. The fraction of sp³-hybridized carbons (Fsp3) is 0.250. The summed E-state index contributed by atoms with van der Waals surface area (Å²) in [5.74, 6) is -1.28. The highest BCUT2D eigenvalue weighted by molar-refractivity contribution is 7.10. The number of pyridine rings is 1. The van der Waals surface area contributed by atoms with Crippen LogP contribution < -0.4 is 10.6 Å². The van der Waals surface area contributed by atoms with Crippen LogP contribution in [0.2, 0.25) is 0 Å². The number of hydrogen-bond donors (Lipinski definition) is 2. The quantitative estimate of drug-likeness (QED) is 0.551. The van der Waals surface area contributed by atoms with E-state index in [1.165, 1.54) is 0 Å². The van der Waals surface area contributed by atoms with E-state index in [1.54, 1.807) is 11.3 Å². The van der Waals surface area contributed by atoms with Crippen LogP contribution in [0.15, 0.2) is 41.8 Å². The number of imide groups is 1. The third-order valence-electron chi connectivity index (χ3n) is 5.13. The summed E-state index contributed by atoms with van der Waals surface area (Å²) in [5, 5.41) is 7.40. The molecule has 1 aliphatic rings. The highest BCUT2D eigenvalue weighted by atomic mass is 32.1. The van der Waals surface area contributed by atoms with E-state index in [9.17, 15) is 14.4 Å². The molecule has 1 aliphatic carbocycles. The monoisotopic (exact) mass is 449 g/mol. The average Bonchev–Trinajstić information content (AvgIpc) is 3.45. The highest BCUT2D eigenvalue weighted by Gasteiger charge is 2.28. The van der Waals surface area contributed by atoms with Crippen LogP contribution in [0, 0.1) is 0 Å². The van der Waals surface area contributed by atoms with Gasteiger partial charge in [-0.3, -0.25) is 10.1 Å². The van der Waals surface area contributed by atoms with Crippen molar-refractivity contribution in [2.45, 2.75) is 26.2 Å². The Bertz CT molecular complexity index is 1200. The molecule has 0 aliphatic heterocycles. The number of ether oxygens (including phenoxy) is 1. The largest absolute Gasteiger partial charge is 0.452 e. The lowest BCUT2D eigenvalue weighted by atomic mass is 10.0. The molecule has 3 amide bonds. The normalized spacial score (nSPS) is 13.7. The molecule has 0 saturated heterocycles. The van der Waals surface area contributed by atoms with Gasteiger partial charge >= 0.3 is 12.0 Å². The van der Waals surface area contributed by atoms with Gasteiger partial charge in [-0.25, -0.2) is 14.6 Å². The number of benzene rings is 1. The van der Waals surface area contributed by atoms with Crippen molar-refractivity contribution in [3.63, 3.8) is 0 Å². The van der Waals surface area contributed by atoms with Crippen LogP contribution in [0.1, 0.15) is 46.3 Å². The topological polar surface area (TPSA) is 97.4 Å². The van der Waals surface area contributed by atoms with Crippen LogP contribution >= 0.6 is 11.3 Å². The number of hydrogen-bond acceptors (Lipinski definition) is 6. The molecule has 2 heterocycles. The van der Waals surface area contributed by atoms with Crippen molar-refractivity contribution in [2.75, 3.05) is 13.2 Å². The summed E-state index contributed by atoms with van der Waals surface area (Å²) in [6, 6.07) is 10.8. The summed E-state index contributed by atoms with van der Waals surface area (Å²) < 4.78 is 5.29. The lowest BCUT2D eigenvalue weighted by molar-refractivity contribution is -0.123. The molecule has 0 atom stereocenters. The predicted molar refractivity (Wildman–Crippen MR) is 124 cm³/mol. The fourth-order valence-corrected chi connectivity index (χ4v) is 4.39. The van der Waals surface area contributed by atoms with Crippen LogP contribution in [0.3, 0.4) is 0 Å². The van der Waals surface area contributed by atoms with Crippen LogP contribution in [0.5, 0.6) is 0 Å². The Morgan fingerprint density at radius 1 is 1.16 bits per heavy atom. The standard InChI is InChI=1S/C24H23N3O4S/c1-2-11-25-24(30)27-20(28)14-31-23(29)21-17-7-3-4-8-19(17)26-22-15(9-10-18(21)22)13-16-6-5-12-32-16/h3-8,12-13H,2,9-11,14H2,1H3,(H2,25,27,28,30)/b15-13-. The van der Waals surface area contributed by atoms with Crippen molar-refractivity contribution in [3.05, 3.63) is 63.5 Å². The fourth-order valence-electron chi connectivity index (χ4n) is 3.71. The van der Waals surface area contributed by atoms with E-state index in [0.717, 1.165) is 34.5 Å².